The van der Waals surface area contributed by atoms with Gasteiger partial charge >= 0.3 is 6.18 Å². The van der Waals surface area contributed by atoms with E-state index in [0.29, 0.717) is 6.07 Å². The molecule has 1 aromatic carbocycles. The number of sulfonamides is 1. The van der Waals surface area contributed by atoms with Crippen LogP contribution in [-0.2, 0) is 20.9 Å². The maximum absolute atomic E-state index is 13.0. The number of rotatable bonds is 7. The SMILES string of the molecule is COCCOc1ccc(C(F)(F)F)cc1NS(=O)(=O)c1c(C)noc1C. The molecule has 0 bridgehead atoms. The number of benzene rings is 1. The largest absolute Gasteiger partial charge is 0.489 e. The summed E-state index contributed by atoms with van der Waals surface area (Å²) in [5.41, 5.74) is -1.28. The molecule has 26 heavy (non-hydrogen) atoms. The van der Waals surface area contributed by atoms with Gasteiger partial charge in [0, 0.05) is 7.11 Å². The van der Waals surface area contributed by atoms with E-state index in [1.807, 2.05) is 0 Å². The molecule has 2 aromatic rings. The molecule has 0 saturated carbocycles. The number of hydrogen-bond acceptors (Lipinski definition) is 6. The summed E-state index contributed by atoms with van der Waals surface area (Å²) in [6.45, 7) is 3.00. The standard InChI is InChI=1S/C15H17F3N2O5S/c1-9-14(10(2)25-19-9)26(21,22)20-12-8-11(15(16,17)18)4-5-13(12)24-7-6-23-3/h4-5,8,20H,6-7H2,1-3H3. The fraction of sp³-hybridized carbons (Fsp3) is 0.400. The molecule has 1 N–H and O–H groups in total. The Bertz CT molecular complexity index is 858. The van der Waals surface area contributed by atoms with E-state index < -0.39 is 21.8 Å². The Morgan fingerprint density at radius 3 is 2.46 bits per heavy atom. The van der Waals surface area contributed by atoms with E-state index in [2.05, 4.69) is 9.88 Å². The lowest BCUT2D eigenvalue weighted by Gasteiger charge is -2.16. The minimum atomic E-state index is -4.64. The van der Waals surface area contributed by atoms with Gasteiger partial charge in [0.2, 0.25) is 0 Å². The van der Waals surface area contributed by atoms with Crippen LogP contribution >= 0.6 is 0 Å². The van der Waals surface area contributed by atoms with E-state index in [0.717, 1.165) is 12.1 Å². The van der Waals surface area contributed by atoms with Crippen LogP contribution in [0.25, 0.3) is 0 Å². The second-order valence-corrected chi connectivity index (χ2v) is 6.93. The highest BCUT2D eigenvalue weighted by atomic mass is 32.2. The van der Waals surface area contributed by atoms with Crippen LogP contribution in [0.3, 0.4) is 0 Å². The van der Waals surface area contributed by atoms with Crippen molar-refractivity contribution in [2.45, 2.75) is 24.9 Å². The summed E-state index contributed by atoms with van der Waals surface area (Å²) in [5, 5.41) is 3.54. The zero-order valence-electron chi connectivity index (χ0n) is 14.2. The van der Waals surface area contributed by atoms with E-state index in [9.17, 15) is 21.6 Å². The third-order valence-corrected chi connectivity index (χ3v) is 4.94. The van der Waals surface area contributed by atoms with Crippen molar-refractivity contribution in [3.63, 3.8) is 0 Å². The Morgan fingerprint density at radius 2 is 1.92 bits per heavy atom. The molecule has 0 atom stereocenters. The van der Waals surface area contributed by atoms with E-state index in [-0.39, 0.29) is 41.0 Å². The average Bonchev–Trinajstić information content (AvgIpc) is 2.87. The van der Waals surface area contributed by atoms with Crippen LogP contribution in [0.4, 0.5) is 18.9 Å². The molecule has 0 unspecified atom stereocenters. The first kappa shape index (κ1) is 20.0. The molecule has 11 heteroatoms. The predicted molar refractivity (Wildman–Crippen MR) is 85.6 cm³/mol. The van der Waals surface area contributed by atoms with Gasteiger partial charge in [-0.1, -0.05) is 5.16 Å². The molecule has 0 fully saturated rings. The van der Waals surface area contributed by atoms with Crippen molar-refractivity contribution in [1.82, 2.24) is 5.16 Å². The summed E-state index contributed by atoms with van der Waals surface area (Å²) in [5.74, 6) is -0.0470. The molecular formula is C15H17F3N2O5S. The molecule has 7 nitrogen and oxygen atoms in total. The second kappa shape index (κ2) is 7.54. The highest BCUT2D eigenvalue weighted by Crippen LogP contribution is 2.36. The minimum absolute atomic E-state index is 0.0174. The predicted octanol–water partition coefficient (Wildman–Crippen LogP) is 3.14. The molecule has 1 aromatic heterocycles. The lowest BCUT2D eigenvalue weighted by molar-refractivity contribution is -0.137. The number of ether oxygens (including phenoxy) is 2. The monoisotopic (exact) mass is 394 g/mol. The van der Waals surface area contributed by atoms with Gasteiger partial charge in [-0.2, -0.15) is 13.2 Å². The van der Waals surface area contributed by atoms with Crippen LogP contribution in [-0.4, -0.2) is 33.9 Å². The van der Waals surface area contributed by atoms with Gasteiger partial charge in [-0.3, -0.25) is 4.72 Å². The van der Waals surface area contributed by atoms with Crippen molar-refractivity contribution in [2.75, 3.05) is 25.0 Å². The Labute approximate surface area is 148 Å². The summed E-state index contributed by atoms with van der Waals surface area (Å²) in [6.07, 6.45) is -4.64. The number of anilines is 1. The third-order valence-electron chi connectivity index (χ3n) is 3.33. The molecule has 2 rings (SSSR count). The van der Waals surface area contributed by atoms with Gasteiger partial charge in [0.1, 0.15) is 18.1 Å². The van der Waals surface area contributed by atoms with Crippen molar-refractivity contribution < 1.29 is 35.6 Å². The molecule has 0 amide bonds. The number of alkyl halides is 3. The van der Waals surface area contributed by atoms with Gasteiger partial charge < -0.3 is 14.0 Å². The molecule has 144 valence electrons. The summed E-state index contributed by atoms with van der Waals surface area (Å²) >= 11 is 0. The first-order chi connectivity index (χ1) is 12.1. The summed E-state index contributed by atoms with van der Waals surface area (Å²) < 4.78 is 81.1. The van der Waals surface area contributed by atoms with E-state index in [1.165, 1.54) is 21.0 Å². The molecule has 0 aliphatic carbocycles. The lowest BCUT2D eigenvalue weighted by atomic mass is 10.2. The van der Waals surface area contributed by atoms with E-state index in [1.54, 1.807) is 0 Å². The molecule has 0 radical (unpaired) electrons. The Kier molecular flexibility index (Phi) is 5.81. The van der Waals surface area contributed by atoms with Gasteiger partial charge in [0.05, 0.1) is 17.9 Å². The van der Waals surface area contributed by atoms with Crippen molar-refractivity contribution in [3.8, 4) is 5.75 Å². The molecule has 0 aliphatic rings. The normalized spacial score (nSPS) is 12.2. The van der Waals surface area contributed by atoms with Gasteiger partial charge in [0.25, 0.3) is 10.0 Å². The summed E-state index contributed by atoms with van der Waals surface area (Å²) in [7, 11) is -2.80. The molecule has 0 aliphatic heterocycles. The average molecular weight is 394 g/mol. The molecule has 0 spiro atoms. The van der Waals surface area contributed by atoms with Crippen molar-refractivity contribution in [1.29, 1.82) is 0 Å². The van der Waals surface area contributed by atoms with E-state index in [4.69, 9.17) is 14.0 Å². The fourth-order valence-electron chi connectivity index (χ4n) is 2.20. The topological polar surface area (TPSA) is 90.7 Å². The third kappa shape index (κ3) is 4.47. The van der Waals surface area contributed by atoms with Crippen LogP contribution in [0.5, 0.6) is 5.75 Å². The quantitative estimate of drug-likeness (QED) is 0.726. The van der Waals surface area contributed by atoms with Crippen LogP contribution in [0.1, 0.15) is 17.0 Å². The molecule has 0 saturated heterocycles. The van der Waals surface area contributed by atoms with E-state index >= 15 is 0 Å². The fourth-order valence-corrected chi connectivity index (χ4v) is 3.59. The second-order valence-electron chi connectivity index (χ2n) is 5.31. The summed E-state index contributed by atoms with van der Waals surface area (Å²) in [6, 6.07) is 2.51. The van der Waals surface area contributed by atoms with Gasteiger partial charge in [-0.15, -0.1) is 0 Å². The Morgan fingerprint density at radius 1 is 1.23 bits per heavy atom. The maximum Gasteiger partial charge on any atom is 0.416 e. The van der Waals surface area contributed by atoms with Gasteiger partial charge in [0.15, 0.2) is 10.7 Å². The number of halogens is 3. The zero-order valence-corrected chi connectivity index (χ0v) is 15.0. The number of nitrogens with zero attached hydrogens (tertiary/aromatic N) is 1. The number of aryl methyl sites for hydroxylation is 2. The first-order valence-corrected chi connectivity index (χ1v) is 8.83. The lowest BCUT2D eigenvalue weighted by Crippen LogP contribution is -2.17. The zero-order chi connectivity index (χ0) is 19.5. The van der Waals surface area contributed by atoms with Gasteiger partial charge in [-0.05, 0) is 32.0 Å². The number of nitrogens with one attached hydrogen (secondary N) is 1. The highest BCUT2D eigenvalue weighted by Gasteiger charge is 2.32. The smallest absolute Gasteiger partial charge is 0.416 e. The Hall–Kier alpha value is -2.27. The number of hydrogen-bond donors (Lipinski definition) is 1. The molecule has 1 heterocycles. The summed E-state index contributed by atoms with van der Waals surface area (Å²) in [4.78, 5) is -0.238. The van der Waals surface area contributed by atoms with Crippen LogP contribution in [0.2, 0.25) is 0 Å². The van der Waals surface area contributed by atoms with Crippen molar-refractivity contribution in [2.24, 2.45) is 0 Å². The van der Waals surface area contributed by atoms with Crippen molar-refractivity contribution >= 4 is 15.7 Å². The van der Waals surface area contributed by atoms with Crippen LogP contribution < -0.4 is 9.46 Å². The first-order valence-electron chi connectivity index (χ1n) is 7.35. The molecular weight excluding hydrogens is 377 g/mol. The minimum Gasteiger partial charge on any atom is -0.489 e. The van der Waals surface area contributed by atoms with Crippen molar-refractivity contribution in [3.05, 3.63) is 35.2 Å². The number of methoxy groups -OCH3 is 1. The van der Waals surface area contributed by atoms with Gasteiger partial charge in [-0.25, -0.2) is 8.42 Å². The Balaban J connectivity index is 2.44. The maximum atomic E-state index is 13.0. The van der Waals surface area contributed by atoms with Crippen LogP contribution in [0.15, 0.2) is 27.6 Å². The van der Waals surface area contributed by atoms with Crippen LogP contribution in [0, 0.1) is 13.8 Å². The highest BCUT2D eigenvalue weighted by molar-refractivity contribution is 7.92. The number of aromatic nitrogens is 1.